The molecular formula is C14H15NOS. The average molecular weight is 245 g/mol. The van der Waals surface area contributed by atoms with E-state index in [0.717, 1.165) is 10.5 Å². The van der Waals surface area contributed by atoms with Crippen molar-refractivity contribution in [3.8, 4) is 0 Å². The van der Waals surface area contributed by atoms with E-state index in [1.165, 1.54) is 0 Å². The number of thioether (sulfide) groups is 1. The highest BCUT2D eigenvalue weighted by molar-refractivity contribution is 7.99. The van der Waals surface area contributed by atoms with Crippen LogP contribution in [0.3, 0.4) is 0 Å². The van der Waals surface area contributed by atoms with Crippen LogP contribution >= 0.6 is 11.8 Å². The summed E-state index contributed by atoms with van der Waals surface area (Å²) < 4.78 is 0. The molecule has 2 nitrogen and oxygen atoms in total. The van der Waals surface area contributed by atoms with Gasteiger partial charge in [-0.25, -0.2) is 0 Å². The van der Waals surface area contributed by atoms with Gasteiger partial charge in [-0.3, -0.25) is 0 Å². The number of benzene rings is 2. The summed E-state index contributed by atoms with van der Waals surface area (Å²) in [5.74, 6) is 0.632. The molecule has 0 saturated heterocycles. The molecule has 0 bridgehead atoms. The molecule has 2 aromatic carbocycles. The minimum absolute atomic E-state index is 0.483. The van der Waals surface area contributed by atoms with Gasteiger partial charge in [0.15, 0.2) is 0 Å². The van der Waals surface area contributed by atoms with Crippen molar-refractivity contribution in [3.05, 3.63) is 60.2 Å². The summed E-state index contributed by atoms with van der Waals surface area (Å²) in [4.78, 5) is 1.16. The summed E-state index contributed by atoms with van der Waals surface area (Å²) in [6.07, 6.45) is -0.483. The summed E-state index contributed by atoms with van der Waals surface area (Å²) in [5.41, 5.74) is 7.24. The average Bonchev–Trinajstić information content (AvgIpc) is 2.37. The molecule has 0 aliphatic carbocycles. The summed E-state index contributed by atoms with van der Waals surface area (Å²) in [7, 11) is 0. The van der Waals surface area contributed by atoms with E-state index in [4.69, 9.17) is 5.73 Å². The number of hydrogen-bond donors (Lipinski definition) is 2. The Balaban J connectivity index is 1.96. The Hall–Kier alpha value is -1.45. The molecule has 0 amide bonds. The zero-order valence-corrected chi connectivity index (χ0v) is 10.2. The predicted molar refractivity (Wildman–Crippen MR) is 73.0 cm³/mol. The maximum absolute atomic E-state index is 10.0. The molecule has 3 N–H and O–H groups in total. The molecule has 0 heterocycles. The monoisotopic (exact) mass is 245 g/mol. The molecule has 2 aromatic rings. The molecule has 0 fully saturated rings. The number of nitrogens with two attached hydrogens (primary N) is 1. The molecule has 0 aromatic heterocycles. The van der Waals surface area contributed by atoms with Crippen molar-refractivity contribution in [2.75, 3.05) is 11.5 Å². The summed E-state index contributed by atoms with van der Waals surface area (Å²) in [5, 5.41) is 10.0. The third-order valence-corrected chi connectivity index (χ3v) is 3.53. The van der Waals surface area contributed by atoms with Crippen LogP contribution in [-0.2, 0) is 0 Å². The second kappa shape index (κ2) is 5.75. The zero-order valence-electron chi connectivity index (χ0n) is 9.41. The first-order chi connectivity index (χ1) is 8.25. The number of rotatable bonds is 4. The molecule has 0 radical (unpaired) electrons. The molecule has 2 rings (SSSR count). The second-order valence-electron chi connectivity index (χ2n) is 3.81. The van der Waals surface area contributed by atoms with Crippen molar-refractivity contribution in [2.24, 2.45) is 0 Å². The van der Waals surface area contributed by atoms with Crippen molar-refractivity contribution in [1.82, 2.24) is 0 Å². The third kappa shape index (κ3) is 3.51. The molecule has 0 aliphatic heterocycles. The summed E-state index contributed by atoms with van der Waals surface area (Å²) in [6, 6.07) is 17.4. The maximum Gasteiger partial charge on any atom is 0.0884 e. The fourth-order valence-electron chi connectivity index (χ4n) is 1.55. The lowest BCUT2D eigenvalue weighted by Gasteiger charge is -2.11. The number of nitrogen functional groups attached to an aromatic ring is 1. The van der Waals surface area contributed by atoms with Crippen LogP contribution in [0.5, 0.6) is 0 Å². The van der Waals surface area contributed by atoms with Gasteiger partial charge in [0.05, 0.1) is 6.10 Å². The van der Waals surface area contributed by atoms with E-state index in [-0.39, 0.29) is 0 Å². The molecule has 3 heteroatoms. The van der Waals surface area contributed by atoms with Gasteiger partial charge in [0.2, 0.25) is 0 Å². The third-order valence-electron chi connectivity index (χ3n) is 2.45. The SMILES string of the molecule is Nc1cccc(C(O)CSc2ccccc2)c1. The topological polar surface area (TPSA) is 46.2 Å². The van der Waals surface area contributed by atoms with Crippen molar-refractivity contribution in [2.45, 2.75) is 11.0 Å². The predicted octanol–water partition coefficient (Wildman–Crippen LogP) is 3.09. The largest absolute Gasteiger partial charge is 0.399 e. The lowest BCUT2D eigenvalue weighted by molar-refractivity contribution is 0.204. The number of hydrogen-bond acceptors (Lipinski definition) is 3. The van der Waals surface area contributed by atoms with Gasteiger partial charge in [0, 0.05) is 16.3 Å². The Labute approximate surface area is 105 Å². The number of aliphatic hydroxyl groups excluding tert-OH is 1. The highest BCUT2D eigenvalue weighted by atomic mass is 32.2. The van der Waals surface area contributed by atoms with Gasteiger partial charge >= 0.3 is 0 Å². The van der Waals surface area contributed by atoms with Gasteiger partial charge in [-0.15, -0.1) is 11.8 Å². The molecule has 0 spiro atoms. The molecule has 0 saturated carbocycles. The molecule has 88 valence electrons. The van der Waals surface area contributed by atoms with Gasteiger partial charge in [0.1, 0.15) is 0 Å². The molecule has 1 unspecified atom stereocenters. The van der Waals surface area contributed by atoms with Gasteiger partial charge in [-0.05, 0) is 29.8 Å². The van der Waals surface area contributed by atoms with Crippen LogP contribution in [0.4, 0.5) is 5.69 Å². The first kappa shape index (κ1) is 12.0. The van der Waals surface area contributed by atoms with Crippen LogP contribution in [0.2, 0.25) is 0 Å². The van der Waals surface area contributed by atoms with E-state index in [2.05, 4.69) is 0 Å². The highest BCUT2D eigenvalue weighted by Gasteiger charge is 2.08. The maximum atomic E-state index is 10.0. The summed E-state index contributed by atoms with van der Waals surface area (Å²) >= 11 is 1.64. The van der Waals surface area contributed by atoms with Gasteiger partial charge in [-0.2, -0.15) is 0 Å². The Morgan fingerprint density at radius 1 is 1.06 bits per heavy atom. The van der Waals surface area contributed by atoms with Gasteiger partial charge in [0.25, 0.3) is 0 Å². The fraction of sp³-hybridized carbons (Fsp3) is 0.143. The lowest BCUT2D eigenvalue weighted by Crippen LogP contribution is -2.01. The van der Waals surface area contributed by atoms with Crippen LogP contribution in [0.25, 0.3) is 0 Å². The Kier molecular flexibility index (Phi) is 4.07. The molecule has 17 heavy (non-hydrogen) atoms. The summed E-state index contributed by atoms with van der Waals surface area (Å²) in [6.45, 7) is 0. The Morgan fingerprint density at radius 3 is 2.53 bits per heavy atom. The molecular weight excluding hydrogens is 230 g/mol. The number of anilines is 1. The van der Waals surface area contributed by atoms with E-state index in [9.17, 15) is 5.11 Å². The minimum atomic E-state index is -0.483. The van der Waals surface area contributed by atoms with E-state index >= 15 is 0 Å². The van der Waals surface area contributed by atoms with Crippen LogP contribution < -0.4 is 5.73 Å². The van der Waals surface area contributed by atoms with Crippen LogP contribution in [0.15, 0.2) is 59.5 Å². The Morgan fingerprint density at radius 2 is 1.82 bits per heavy atom. The van der Waals surface area contributed by atoms with E-state index in [1.807, 2.05) is 54.6 Å². The zero-order chi connectivity index (χ0) is 12.1. The fourth-order valence-corrected chi connectivity index (χ4v) is 2.45. The van der Waals surface area contributed by atoms with E-state index < -0.39 is 6.10 Å². The van der Waals surface area contributed by atoms with Crippen molar-refractivity contribution >= 4 is 17.4 Å². The van der Waals surface area contributed by atoms with E-state index in [0.29, 0.717) is 11.4 Å². The van der Waals surface area contributed by atoms with Crippen molar-refractivity contribution in [3.63, 3.8) is 0 Å². The lowest BCUT2D eigenvalue weighted by atomic mass is 10.1. The highest BCUT2D eigenvalue weighted by Crippen LogP contribution is 2.25. The van der Waals surface area contributed by atoms with Crippen LogP contribution in [-0.4, -0.2) is 10.9 Å². The van der Waals surface area contributed by atoms with Gasteiger partial charge in [-0.1, -0.05) is 30.3 Å². The van der Waals surface area contributed by atoms with Gasteiger partial charge < -0.3 is 10.8 Å². The Bertz CT molecular complexity index is 473. The number of aliphatic hydroxyl groups is 1. The standard InChI is InChI=1S/C14H15NOS/c15-12-6-4-5-11(9-12)14(16)10-17-13-7-2-1-3-8-13/h1-9,14,16H,10,15H2. The van der Waals surface area contributed by atoms with E-state index in [1.54, 1.807) is 11.8 Å². The normalized spacial score (nSPS) is 12.3. The van der Waals surface area contributed by atoms with Crippen LogP contribution in [0.1, 0.15) is 11.7 Å². The van der Waals surface area contributed by atoms with Crippen molar-refractivity contribution < 1.29 is 5.11 Å². The first-order valence-electron chi connectivity index (χ1n) is 5.47. The van der Waals surface area contributed by atoms with Crippen molar-refractivity contribution in [1.29, 1.82) is 0 Å². The smallest absolute Gasteiger partial charge is 0.0884 e. The second-order valence-corrected chi connectivity index (χ2v) is 4.90. The first-order valence-corrected chi connectivity index (χ1v) is 6.45. The molecule has 1 atom stereocenters. The molecule has 0 aliphatic rings. The minimum Gasteiger partial charge on any atom is -0.399 e. The van der Waals surface area contributed by atoms with Crippen LogP contribution in [0, 0.1) is 0 Å². The quantitative estimate of drug-likeness (QED) is 0.642.